The second-order valence-corrected chi connectivity index (χ2v) is 5.13. The van der Waals surface area contributed by atoms with Crippen molar-refractivity contribution < 1.29 is 0 Å². The van der Waals surface area contributed by atoms with Gasteiger partial charge in [-0.25, -0.2) is 4.98 Å². The van der Waals surface area contributed by atoms with Crippen molar-refractivity contribution in [2.75, 3.05) is 0 Å². The maximum absolute atomic E-state index is 6.40. The molecule has 0 saturated carbocycles. The molecule has 21 heavy (non-hydrogen) atoms. The molecule has 2 heterocycles. The molecule has 1 unspecified atom stereocenters. The molecule has 1 aromatic carbocycles. The van der Waals surface area contributed by atoms with Gasteiger partial charge in [0.15, 0.2) is 0 Å². The van der Waals surface area contributed by atoms with Gasteiger partial charge >= 0.3 is 0 Å². The van der Waals surface area contributed by atoms with Gasteiger partial charge in [-0.2, -0.15) is 5.10 Å². The second-order valence-electron chi connectivity index (χ2n) is 5.13. The number of para-hydroxylation sites is 1. The molecule has 0 aliphatic rings. The van der Waals surface area contributed by atoms with Crippen molar-refractivity contribution in [1.82, 2.24) is 19.7 Å². The van der Waals surface area contributed by atoms with E-state index in [0.29, 0.717) is 6.42 Å². The Morgan fingerprint density at radius 3 is 2.90 bits per heavy atom. The lowest BCUT2D eigenvalue weighted by molar-refractivity contribution is 0.548. The Morgan fingerprint density at radius 2 is 2.05 bits per heavy atom. The average molecular weight is 281 g/mol. The molecule has 0 aliphatic heterocycles. The first-order valence-electron chi connectivity index (χ1n) is 7.25. The predicted molar refractivity (Wildman–Crippen MR) is 82.7 cm³/mol. The number of pyridine rings is 1. The molecule has 0 bridgehead atoms. The Balaban J connectivity index is 1.90. The Morgan fingerprint density at radius 1 is 1.19 bits per heavy atom. The van der Waals surface area contributed by atoms with Crippen LogP contribution in [0, 0.1) is 0 Å². The Hall–Kier alpha value is -2.27. The normalized spacial score (nSPS) is 12.7. The first kappa shape index (κ1) is 13.7. The quantitative estimate of drug-likeness (QED) is 0.780. The highest BCUT2D eigenvalue weighted by molar-refractivity contribution is 5.81. The summed E-state index contributed by atoms with van der Waals surface area (Å²) < 4.78 is 1.93. The van der Waals surface area contributed by atoms with Gasteiger partial charge in [0, 0.05) is 30.6 Å². The SMILES string of the molecule is CCCn1ncnc1CC(N)c1cccc2cccnc12. The summed E-state index contributed by atoms with van der Waals surface area (Å²) in [7, 11) is 0. The van der Waals surface area contributed by atoms with Crippen LogP contribution >= 0.6 is 0 Å². The summed E-state index contributed by atoms with van der Waals surface area (Å²) in [5.74, 6) is 0.928. The van der Waals surface area contributed by atoms with Crippen molar-refractivity contribution in [1.29, 1.82) is 0 Å². The van der Waals surface area contributed by atoms with Gasteiger partial charge in [-0.05, 0) is 18.1 Å². The predicted octanol–water partition coefficient (Wildman–Crippen LogP) is 2.48. The van der Waals surface area contributed by atoms with E-state index >= 15 is 0 Å². The number of nitrogens with zero attached hydrogens (tertiary/aromatic N) is 4. The van der Waals surface area contributed by atoms with Gasteiger partial charge in [0.05, 0.1) is 5.52 Å². The highest BCUT2D eigenvalue weighted by Crippen LogP contribution is 2.23. The van der Waals surface area contributed by atoms with Gasteiger partial charge in [0.2, 0.25) is 0 Å². The highest BCUT2D eigenvalue weighted by Gasteiger charge is 2.14. The zero-order valence-electron chi connectivity index (χ0n) is 12.1. The van der Waals surface area contributed by atoms with Crippen molar-refractivity contribution in [3.05, 3.63) is 54.2 Å². The van der Waals surface area contributed by atoms with E-state index in [4.69, 9.17) is 5.73 Å². The number of nitrogens with two attached hydrogens (primary N) is 1. The lowest BCUT2D eigenvalue weighted by Gasteiger charge is -2.14. The molecule has 3 rings (SSSR count). The average Bonchev–Trinajstić information content (AvgIpc) is 2.94. The van der Waals surface area contributed by atoms with Gasteiger partial charge in [0.1, 0.15) is 12.2 Å². The van der Waals surface area contributed by atoms with Gasteiger partial charge in [-0.1, -0.05) is 31.2 Å². The van der Waals surface area contributed by atoms with E-state index in [1.54, 1.807) is 12.5 Å². The number of fused-ring (bicyclic) bond motifs is 1. The van der Waals surface area contributed by atoms with Crippen molar-refractivity contribution in [3.63, 3.8) is 0 Å². The molecule has 108 valence electrons. The number of aromatic nitrogens is 4. The van der Waals surface area contributed by atoms with E-state index < -0.39 is 0 Å². The minimum atomic E-state index is -0.136. The van der Waals surface area contributed by atoms with E-state index in [1.165, 1.54) is 0 Å². The Kier molecular flexibility index (Phi) is 3.92. The molecular formula is C16H19N5. The summed E-state index contributed by atoms with van der Waals surface area (Å²) in [4.78, 5) is 8.80. The molecule has 0 aliphatic carbocycles. The van der Waals surface area contributed by atoms with E-state index in [2.05, 4.69) is 34.1 Å². The van der Waals surface area contributed by atoms with Crippen molar-refractivity contribution in [2.24, 2.45) is 5.73 Å². The molecular weight excluding hydrogens is 262 g/mol. The van der Waals surface area contributed by atoms with Crippen LogP contribution in [0.2, 0.25) is 0 Å². The molecule has 2 aromatic heterocycles. The topological polar surface area (TPSA) is 69.6 Å². The molecule has 2 N–H and O–H groups in total. The maximum Gasteiger partial charge on any atom is 0.138 e. The van der Waals surface area contributed by atoms with Crippen LogP contribution in [0.25, 0.3) is 10.9 Å². The van der Waals surface area contributed by atoms with Crippen molar-refractivity contribution in [2.45, 2.75) is 32.4 Å². The highest BCUT2D eigenvalue weighted by atomic mass is 15.3. The lowest BCUT2D eigenvalue weighted by Crippen LogP contribution is -2.17. The molecule has 0 amide bonds. The molecule has 5 nitrogen and oxygen atoms in total. The zero-order valence-corrected chi connectivity index (χ0v) is 12.1. The Labute approximate surface area is 123 Å². The van der Waals surface area contributed by atoms with Crippen LogP contribution in [-0.2, 0) is 13.0 Å². The molecule has 0 radical (unpaired) electrons. The van der Waals surface area contributed by atoms with Crippen molar-refractivity contribution in [3.8, 4) is 0 Å². The number of hydrogen-bond acceptors (Lipinski definition) is 4. The standard InChI is InChI=1S/C16H19N5/c1-2-9-21-15(19-11-20-21)10-14(17)13-7-3-5-12-6-4-8-18-16(12)13/h3-8,11,14H,2,9-10,17H2,1H3. The first-order chi connectivity index (χ1) is 10.3. The second kappa shape index (κ2) is 6.01. The van der Waals surface area contributed by atoms with Crippen LogP contribution in [0.3, 0.4) is 0 Å². The van der Waals surface area contributed by atoms with E-state index in [9.17, 15) is 0 Å². The van der Waals surface area contributed by atoms with Crippen LogP contribution in [0.15, 0.2) is 42.9 Å². The molecule has 0 fully saturated rings. The van der Waals surface area contributed by atoms with Crippen molar-refractivity contribution >= 4 is 10.9 Å². The smallest absolute Gasteiger partial charge is 0.138 e. The monoisotopic (exact) mass is 281 g/mol. The summed E-state index contributed by atoms with van der Waals surface area (Å²) in [6.45, 7) is 3.00. The van der Waals surface area contributed by atoms with Gasteiger partial charge in [-0.3, -0.25) is 9.67 Å². The van der Waals surface area contributed by atoms with E-state index in [0.717, 1.165) is 35.3 Å². The molecule has 3 aromatic rings. The summed E-state index contributed by atoms with van der Waals surface area (Å²) in [5.41, 5.74) is 8.42. The van der Waals surface area contributed by atoms with Gasteiger partial charge < -0.3 is 5.73 Å². The largest absolute Gasteiger partial charge is 0.324 e. The van der Waals surface area contributed by atoms with Crippen LogP contribution in [0.1, 0.15) is 30.8 Å². The van der Waals surface area contributed by atoms with E-state index in [1.807, 2.05) is 22.9 Å². The van der Waals surface area contributed by atoms with Crippen LogP contribution in [0.4, 0.5) is 0 Å². The fraction of sp³-hybridized carbons (Fsp3) is 0.312. The third kappa shape index (κ3) is 2.78. The number of hydrogen-bond donors (Lipinski definition) is 1. The third-order valence-corrected chi connectivity index (χ3v) is 3.60. The lowest BCUT2D eigenvalue weighted by atomic mass is 10.0. The summed E-state index contributed by atoms with van der Waals surface area (Å²) in [6.07, 6.45) is 5.09. The summed E-state index contributed by atoms with van der Waals surface area (Å²) in [5, 5.41) is 5.36. The zero-order chi connectivity index (χ0) is 14.7. The van der Waals surface area contributed by atoms with Crippen LogP contribution in [-0.4, -0.2) is 19.7 Å². The van der Waals surface area contributed by atoms with Crippen LogP contribution in [0.5, 0.6) is 0 Å². The number of rotatable bonds is 5. The Bertz CT molecular complexity index is 729. The fourth-order valence-electron chi connectivity index (χ4n) is 2.58. The number of aryl methyl sites for hydroxylation is 1. The van der Waals surface area contributed by atoms with Gasteiger partial charge in [0.25, 0.3) is 0 Å². The van der Waals surface area contributed by atoms with Gasteiger partial charge in [-0.15, -0.1) is 0 Å². The number of benzene rings is 1. The molecule has 0 saturated heterocycles. The minimum absolute atomic E-state index is 0.136. The molecule has 1 atom stereocenters. The summed E-state index contributed by atoms with van der Waals surface area (Å²) in [6, 6.07) is 9.98. The third-order valence-electron chi connectivity index (χ3n) is 3.60. The summed E-state index contributed by atoms with van der Waals surface area (Å²) >= 11 is 0. The first-order valence-corrected chi connectivity index (χ1v) is 7.25. The maximum atomic E-state index is 6.40. The fourth-order valence-corrected chi connectivity index (χ4v) is 2.58. The molecule has 0 spiro atoms. The minimum Gasteiger partial charge on any atom is -0.324 e. The van der Waals surface area contributed by atoms with E-state index in [-0.39, 0.29) is 6.04 Å². The van der Waals surface area contributed by atoms with Crippen LogP contribution < -0.4 is 5.73 Å². The molecule has 5 heteroatoms.